The lowest BCUT2D eigenvalue weighted by molar-refractivity contribution is -0.127. The van der Waals surface area contributed by atoms with E-state index in [0.29, 0.717) is 13.1 Å². The Bertz CT molecular complexity index is 590. The summed E-state index contributed by atoms with van der Waals surface area (Å²) >= 11 is 0. The summed E-state index contributed by atoms with van der Waals surface area (Å²) < 4.78 is 24.5. The summed E-state index contributed by atoms with van der Waals surface area (Å²) in [6.45, 7) is 3.09. The highest BCUT2D eigenvalue weighted by atomic mass is 32.2. The highest BCUT2D eigenvalue weighted by Gasteiger charge is 2.26. The zero-order valence-corrected chi connectivity index (χ0v) is 11.7. The molecule has 2 N–H and O–H groups in total. The molecule has 0 bridgehead atoms. The second kappa shape index (κ2) is 5.21. The summed E-state index contributed by atoms with van der Waals surface area (Å²) in [5, 5.41) is 0. The number of nitrogens with two attached hydrogens (primary N) is 1. The van der Waals surface area contributed by atoms with Crippen molar-refractivity contribution in [2.75, 3.05) is 24.6 Å². The van der Waals surface area contributed by atoms with Gasteiger partial charge in [-0.1, -0.05) is 6.07 Å². The van der Waals surface area contributed by atoms with Crippen molar-refractivity contribution in [2.24, 2.45) is 0 Å². The number of carbonyl (C=O) groups excluding carboxylic acids is 1. The molecule has 19 heavy (non-hydrogen) atoms. The third-order valence-corrected chi connectivity index (χ3v) is 4.93. The minimum absolute atomic E-state index is 0.0556. The minimum Gasteiger partial charge on any atom is -0.398 e. The van der Waals surface area contributed by atoms with Gasteiger partial charge in [0.25, 0.3) is 0 Å². The fourth-order valence-corrected chi connectivity index (χ4v) is 3.66. The third kappa shape index (κ3) is 3.07. The average molecular weight is 282 g/mol. The molecule has 2 rings (SSSR count). The Morgan fingerprint density at radius 1 is 1.32 bits per heavy atom. The largest absolute Gasteiger partial charge is 0.398 e. The van der Waals surface area contributed by atoms with Gasteiger partial charge in [0.15, 0.2) is 9.84 Å². The van der Waals surface area contributed by atoms with Crippen LogP contribution in [0.3, 0.4) is 0 Å². The van der Waals surface area contributed by atoms with Crippen LogP contribution in [0.25, 0.3) is 0 Å². The Labute approximate surface area is 113 Å². The van der Waals surface area contributed by atoms with Gasteiger partial charge in [-0.05, 0) is 37.5 Å². The second-order valence-corrected chi connectivity index (χ2v) is 6.85. The van der Waals surface area contributed by atoms with Crippen LogP contribution in [0, 0.1) is 6.92 Å². The number of rotatable bonds is 3. The molecule has 0 radical (unpaired) electrons. The van der Waals surface area contributed by atoms with E-state index in [1.54, 1.807) is 24.0 Å². The predicted octanol–water partition coefficient (Wildman–Crippen LogP) is 0.973. The molecule has 1 aromatic carbocycles. The summed E-state index contributed by atoms with van der Waals surface area (Å²) in [5.41, 5.74) is 6.70. The highest BCUT2D eigenvalue weighted by molar-refractivity contribution is 7.92. The minimum atomic E-state index is -3.67. The number of hydrogen-bond donors (Lipinski definition) is 1. The van der Waals surface area contributed by atoms with E-state index in [1.807, 2.05) is 0 Å². The Kier molecular flexibility index (Phi) is 3.80. The number of sulfone groups is 1. The van der Waals surface area contributed by atoms with E-state index < -0.39 is 15.6 Å². The first-order chi connectivity index (χ1) is 8.90. The Hall–Kier alpha value is -1.56. The summed E-state index contributed by atoms with van der Waals surface area (Å²) in [6, 6.07) is 4.82. The first-order valence-electron chi connectivity index (χ1n) is 6.27. The van der Waals surface area contributed by atoms with Crippen LogP contribution in [0.5, 0.6) is 0 Å². The Morgan fingerprint density at radius 2 is 1.95 bits per heavy atom. The number of carbonyl (C=O) groups is 1. The molecule has 1 saturated heterocycles. The van der Waals surface area contributed by atoms with Crippen LogP contribution in [-0.4, -0.2) is 38.1 Å². The van der Waals surface area contributed by atoms with Crippen molar-refractivity contribution in [1.29, 1.82) is 0 Å². The topological polar surface area (TPSA) is 80.5 Å². The molecule has 0 spiro atoms. The molecule has 1 aromatic rings. The maximum absolute atomic E-state index is 12.2. The van der Waals surface area contributed by atoms with E-state index in [1.165, 1.54) is 6.07 Å². The van der Waals surface area contributed by atoms with E-state index in [-0.39, 0.29) is 16.5 Å². The Balaban J connectivity index is 2.22. The molecule has 6 heteroatoms. The van der Waals surface area contributed by atoms with Gasteiger partial charge in [0.1, 0.15) is 5.75 Å². The lowest BCUT2D eigenvalue weighted by atomic mass is 10.2. The molecule has 1 aliphatic rings. The van der Waals surface area contributed by atoms with Gasteiger partial charge in [-0.2, -0.15) is 0 Å². The molecule has 0 aromatic heterocycles. The molecule has 1 fully saturated rings. The van der Waals surface area contributed by atoms with E-state index >= 15 is 0 Å². The van der Waals surface area contributed by atoms with Crippen LogP contribution in [0.2, 0.25) is 0 Å². The zero-order valence-electron chi connectivity index (χ0n) is 10.9. The summed E-state index contributed by atoms with van der Waals surface area (Å²) in [7, 11) is -3.67. The predicted molar refractivity (Wildman–Crippen MR) is 73.5 cm³/mol. The average Bonchev–Trinajstić information content (AvgIpc) is 2.85. The van der Waals surface area contributed by atoms with Crippen molar-refractivity contribution in [3.05, 3.63) is 23.8 Å². The summed E-state index contributed by atoms with van der Waals surface area (Å²) in [4.78, 5) is 13.6. The summed E-state index contributed by atoms with van der Waals surface area (Å²) in [6.07, 6.45) is 1.89. The number of aryl methyl sites for hydroxylation is 1. The van der Waals surface area contributed by atoms with Gasteiger partial charge in [-0.25, -0.2) is 8.42 Å². The van der Waals surface area contributed by atoms with Gasteiger partial charge in [0.2, 0.25) is 5.91 Å². The molecule has 5 nitrogen and oxygen atoms in total. The molecule has 0 unspecified atom stereocenters. The van der Waals surface area contributed by atoms with Crippen molar-refractivity contribution in [1.82, 2.24) is 4.90 Å². The molecule has 1 heterocycles. The SMILES string of the molecule is Cc1ccc(N)c(S(=O)(=O)CC(=O)N2CCCC2)c1. The number of likely N-dealkylation sites (tertiary alicyclic amines) is 1. The zero-order chi connectivity index (χ0) is 14.0. The maximum atomic E-state index is 12.2. The second-order valence-electron chi connectivity index (χ2n) is 4.89. The van der Waals surface area contributed by atoms with Crippen LogP contribution in [0.4, 0.5) is 5.69 Å². The first-order valence-corrected chi connectivity index (χ1v) is 7.92. The lowest BCUT2D eigenvalue weighted by Gasteiger charge is -2.15. The fourth-order valence-electron chi connectivity index (χ4n) is 2.21. The number of nitrogen functional groups attached to an aromatic ring is 1. The molecule has 0 saturated carbocycles. The number of anilines is 1. The fraction of sp³-hybridized carbons (Fsp3) is 0.462. The van der Waals surface area contributed by atoms with Gasteiger partial charge in [-0.15, -0.1) is 0 Å². The molecular formula is C13H18N2O3S. The lowest BCUT2D eigenvalue weighted by Crippen LogP contribution is -2.33. The molecular weight excluding hydrogens is 264 g/mol. The molecule has 1 amide bonds. The van der Waals surface area contributed by atoms with Crippen LogP contribution in [0.15, 0.2) is 23.1 Å². The molecule has 104 valence electrons. The molecule has 1 aliphatic heterocycles. The highest BCUT2D eigenvalue weighted by Crippen LogP contribution is 2.21. The van der Waals surface area contributed by atoms with Crippen molar-refractivity contribution in [3.63, 3.8) is 0 Å². The van der Waals surface area contributed by atoms with E-state index in [0.717, 1.165) is 18.4 Å². The van der Waals surface area contributed by atoms with Crippen molar-refractivity contribution >= 4 is 21.4 Å². The number of amides is 1. The quantitative estimate of drug-likeness (QED) is 0.838. The smallest absolute Gasteiger partial charge is 0.238 e. The third-order valence-electron chi connectivity index (χ3n) is 3.28. The van der Waals surface area contributed by atoms with Gasteiger partial charge >= 0.3 is 0 Å². The van der Waals surface area contributed by atoms with Gasteiger partial charge < -0.3 is 10.6 Å². The Morgan fingerprint density at radius 3 is 2.58 bits per heavy atom. The normalized spacial score (nSPS) is 15.7. The monoisotopic (exact) mass is 282 g/mol. The molecule has 0 atom stereocenters. The van der Waals surface area contributed by atoms with Crippen LogP contribution in [0.1, 0.15) is 18.4 Å². The van der Waals surface area contributed by atoms with Crippen molar-refractivity contribution in [2.45, 2.75) is 24.7 Å². The molecule has 0 aliphatic carbocycles. The first kappa shape index (κ1) is 13.9. The van der Waals surface area contributed by atoms with E-state index in [2.05, 4.69) is 0 Å². The van der Waals surface area contributed by atoms with Crippen LogP contribution >= 0.6 is 0 Å². The number of nitrogens with zero attached hydrogens (tertiary/aromatic N) is 1. The number of hydrogen-bond acceptors (Lipinski definition) is 4. The van der Waals surface area contributed by atoms with Gasteiger partial charge in [0.05, 0.1) is 10.6 Å². The van der Waals surface area contributed by atoms with Crippen LogP contribution < -0.4 is 5.73 Å². The standard InChI is InChI=1S/C13H18N2O3S/c1-10-4-5-11(14)12(8-10)19(17,18)9-13(16)15-6-2-3-7-15/h4-5,8H,2-3,6-7,9,14H2,1H3. The van der Waals surface area contributed by atoms with Crippen molar-refractivity contribution < 1.29 is 13.2 Å². The van der Waals surface area contributed by atoms with E-state index in [4.69, 9.17) is 5.73 Å². The van der Waals surface area contributed by atoms with Gasteiger partial charge in [0, 0.05) is 13.1 Å². The van der Waals surface area contributed by atoms with Crippen molar-refractivity contribution in [3.8, 4) is 0 Å². The number of benzene rings is 1. The summed E-state index contributed by atoms with van der Waals surface area (Å²) in [5.74, 6) is -0.834. The van der Waals surface area contributed by atoms with E-state index in [9.17, 15) is 13.2 Å². The maximum Gasteiger partial charge on any atom is 0.238 e. The van der Waals surface area contributed by atoms with Gasteiger partial charge in [-0.3, -0.25) is 4.79 Å². The van der Waals surface area contributed by atoms with Crippen LogP contribution in [-0.2, 0) is 14.6 Å².